The van der Waals surface area contributed by atoms with Crippen molar-refractivity contribution in [3.63, 3.8) is 0 Å². The minimum Gasteiger partial charge on any atom is -0.319 e. The first-order valence-corrected chi connectivity index (χ1v) is 6.39. The number of anilines is 3. The average molecular weight is 308 g/mol. The number of fused-ring (bicyclic) bond motifs is 2. The molecule has 1 aliphatic heterocycles. The van der Waals surface area contributed by atoms with Gasteiger partial charge in [0, 0.05) is 11.2 Å². The van der Waals surface area contributed by atoms with Crippen molar-refractivity contribution >= 4 is 51.7 Å². The van der Waals surface area contributed by atoms with Crippen molar-refractivity contribution < 1.29 is 9.59 Å². The SMILES string of the molecule is O=C1Nc2cccnc2N(C(=O)Cl)c2cc(Cl)ccc21. The van der Waals surface area contributed by atoms with Gasteiger partial charge in [0.25, 0.3) is 5.91 Å². The summed E-state index contributed by atoms with van der Waals surface area (Å²) >= 11 is 11.6. The molecule has 2 amide bonds. The van der Waals surface area contributed by atoms with E-state index in [0.29, 0.717) is 22.0 Å². The summed E-state index contributed by atoms with van der Waals surface area (Å²) in [5, 5.41) is 2.30. The highest BCUT2D eigenvalue weighted by Crippen LogP contribution is 2.38. The number of carbonyl (C=O) groups excluding carboxylic acids is 2. The summed E-state index contributed by atoms with van der Waals surface area (Å²) in [7, 11) is 0. The van der Waals surface area contributed by atoms with Crippen LogP contribution in [0.5, 0.6) is 0 Å². The Balaban J connectivity index is 2.33. The van der Waals surface area contributed by atoms with Crippen LogP contribution in [0.1, 0.15) is 10.4 Å². The Kier molecular flexibility index (Phi) is 3.08. The Morgan fingerprint density at radius 2 is 2.10 bits per heavy atom. The fourth-order valence-corrected chi connectivity index (χ4v) is 2.37. The Morgan fingerprint density at radius 3 is 2.85 bits per heavy atom. The quantitative estimate of drug-likeness (QED) is 0.595. The molecule has 0 fully saturated rings. The molecule has 7 heteroatoms. The smallest absolute Gasteiger partial charge is 0.319 e. The van der Waals surface area contributed by atoms with Crippen LogP contribution in [0, 0.1) is 0 Å². The summed E-state index contributed by atoms with van der Waals surface area (Å²) in [6.07, 6.45) is 1.51. The van der Waals surface area contributed by atoms with Gasteiger partial charge in [-0.05, 0) is 41.9 Å². The van der Waals surface area contributed by atoms with E-state index in [4.69, 9.17) is 23.2 Å². The van der Waals surface area contributed by atoms with E-state index in [1.807, 2.05) is 0 Å². The summed E-state index contributed by atoms with van der Waals surface area (Å²) in [6, 6.07) is 7.89. The zero-order valence-corrected chi connectivity index (χ0v) is 11.4. The largest absolute Gasteiger partial charge is 0.326 e. The van der Waals surface area contributed by atoms with Crippen molar-refractivity contribution in [1.82, 2.24) is 4.98 Å². The van der Waals surface area contributed by atoms with Crippen molar-refractivity contribution in [3.8, 4) is 0 Å². The number of pyridine rings is 1. The maximum absolute atomic E-state index is 12.2. The number of amides is 2. The third-order valence-corrected chi connectivity index (χ3v) is 3.27. The molecule has 0 unspecified atom stereocenters. The molecule has 5 nitrogen and oxygen atoms in total. The highest BCUT2D eigenvalue weighted by atomic mass is 35.5. The summed E-state index contributed by atoms with van der Waals surface area (Å²) in [4.78, 5) is 29.2. The first-order valence-electron chi connectivity index (χ1n) is 5.63. The minimum atomic E-state index is -0.773. The predicted octanol–water partition coefficient (Wildman–Crippen LogP) is 3.80. The van der Waals surface area contributed by atoms with Crippen molar-refractivity contribution in [3.05, 3.63) is 47.1 Å². The van der Waals surface area contributed by atoms with Gasteiger partial charge in [0.05, 0.1) is 16.9 Å². The van der Waals surface area contributed by atoms with Gasteiger partial charge in [0.2, 0.25) is 0 Å². The lowest BCUT2D eigenvalue weighted by Gasteiger charge is -2.19. The molecular formula is C13H7Cl2N3O2. The average Bonchev–Trinajstić information content (AvgIpc) is 2.52. The molecule has 0 saturated heterocycles. The standard InChI is InChI=1S/C13H7Cl2N3O2/c14-7-3-4-8-10(6-7)18(13(15)20)11-9(17-12(8)19)2-1-5-16-11/h1-6H,(H,17,19). The normalized spacial score (nSPS) is 13.1. The van der Waals surface area contributed by atoms with Crippen molar-refractivity contribution in [1.29, 1.82) is 0 Å². The topological polar surface area (TPSA) is 62.3 Å². The Hall–Kier alpha value is -2.11. The van der Waals surface area contributed by atoms with Crippen molar-refractivity contribution in [2.75, 3.05) is 10.2 Å². The van der Waals surface area contributed by atoms with Crippen LogP contribution >= 0.6 is 23.2 Å². The predicted molar refractivity (Wildman–Crippen MR) is 77.0 cm³/mol. The molecule has 2 aromatic rings. The number of carbonyl (C=O) groups is 2. The maximum atomic E-state index is 12.2. The summed E-state index contributed by atoms with van der Waals surface area (Å²) in [5.74, 6) is -0.104. The van der Waals surface area contributed by atoms with E-state index in [2.05, 4.69) is 10.3 Å². The van der Waals surface area contributed by atoms with Gasteiger partial charge >= 0.3 is 5.37 Å². The van der Waals surface area contributed by atoms with Crippen LogP contribution in [0.25, 0.3) is 0 Å². The third-order valence-electron chi connectivity index (χ3n) is 2.87. The molecule has 0 atom stereocenters. The van der Waals surface area contributed by atoms with E-state index in [1.165, 1.54) is 18.3 Å². The zero-order chi connectivity index (χ0) is 14.3. The molecule has 0 spiro atoms. The van der Waals surface area contributed by atoms with E-state index >= 15 is 0 Å². The monoisotopic (exact) mass is 307 g/mol. The van der Waals surface area contributed by atoms with E-state index in [9.17, 15) is 9.59 Å². The molecule has 0 saturated carbocycles. The van der Waals surface area contributed by atoms with Gasteiger partial charge in [0.1, 0.15) is 0 Å². The molecule has 1 aromatic carbocycles. The van der Waals surface area contributed by atoms with Crippen LogP contribution in [-0.2, 0) is 0 Å². The van der Waals surface area contributed by atoms with Gasteiger partial charge in [-0.1, -0.05) is 11.6 Å². The highest BCUT2D eigenvalue weighted by molar-refractivity contribution is 6.67. The zero-order valence-electron chi connectivity index (χ0n) is 9.93. The molecule has 2 heterocycles. The Labute approximate surface area is 124 Å². The summed E-state index contributed by atoms with van der Waals surface area (Å²) in [5.41, 5.74) is 0.993. The second kappa shape index (κ2) is 4.77. The van der Waals surface area contributed by atoms with E-state index in [-0.39, 0.29) is 11.7 Å². The van der Waals surface area contributed by atoms with Crippen LogP contribution in [0.2, 0.25) is 5.02 Å². The van der Waals surface area contributed by atoms with Crippen LogP contribution in [-0.4, -0.2) is 16.3 Å². The van der Waals surface area contributed by atoms with Crippen LogP contribution in [0.3, 0.4) is 0 Å². The fourth-order valence-electron chi connectivity index (χ4n) is 2.04. The molecule has 1 aromatic heterocycles. The van der Waals surface area contributed by atoms with Crippen LogP contribution in [0.4, 0.5) is 22.0 Å². The van der Waals surface area contributed by atoms with Gasteiger partial charge in [-0.2, -0.15) is 0 Å². The number of hydrogen-bond donors (Lipinski definition) is 1. The van der Waals surface area contributed by atoms with E-state index in [0.717, 1.165) is 4.90 Å². The first-order chi connectivity index (χ1) is 9.58. The molecule has 0 radical (unpaired) electrons. The third kappa shape index (κ3) is 2.01. The molecule has 1 aliphatic rings. The number of aromatic nitrogens is 1. The molecular weight excluding hydrogens is 301 g/mol. The van der Waals surface area contributed by atoms with Gasteiger partial charge in [0.15, 0.2) is 5.82 Å². The Morgan fingerprint density at radius 1 is 1.30 bits per heavy atom. The number of nitrogens with zero attached hydrogens (tertiary/aromatic N) is 2. The lowest BCUT2D eigenvalue weighted by Crippen LogP contribution is -2.21. The van der Waals surface area contributed by atoms with E-state index < -0.39 is 5.37 Å². The maximum Gasteiger partial charge on any atom is 0.326 e. The summed E-state index contributed by atoms with van der Waals surface area (Å²) in [6.45, 7) is 0. The molecule has 0 aliphatic carbocycles. The highest BCUT2D eigenvalue weighted by Gasteiger charge is 2.29. The first kappa shape index (κ1) is 12.9. The van der Waals surface area contributed by atoms with Gasteiger partial charge in [-0.15, -0.1) is 0 Å². The number of hydrogen-bond acceptors (Lipinski definition) is 3. The molecule has 20 heavy (non-hydrogen) atoms. The van der Waals surface area contributed by atoms with Gasteiger partial charge < -0.3 is 5.32 Å². The van der Waals surface area contributed by atoms with Crippen molar-refractivity contribution in [2.24, 2.45) is 0 Å². The minimum absolute atomic E-state index is 0.252. The van der Waals surface area contributed by atoms with Crippen LogP contribution < -0.4 is 10.2 Å². The second-order valence-electron chi connectivity index (χ2n) is 4.08. The molecule has 1 N–H and O–H groups in total. The Bertz CT molecular complexity index is 733. The van der Waals surface area contributed by atoms with Crippen LogP contribution in [0.15, 0.2) is 36.5 Å². The number of halogens is 2. The number of nitrogens with one attached hydrogen (secondary N) is 1. The number of rotatable bonds is 0. The lowest BCUT2D eigenvalue weighted by molar-refractivity contribution is 0.102. The molecule has 0 bridgehead atoms. The van der Waals surface area contributed by atoms with Gasteiger partial charge in [-0.3, -0.25) is 9.59 Å². The summed E-state index contributed by atoms with van der Waals surface area (Å²) < 4.78 is 0. The molecule has 100 valence electrons. The number of benzene rings is 1. The fraction of sp³-hybridized carbons (Fsp3) is 0. The molecule has 3 rings (SSSR count). The second-order valence-corrected chi connectivity index (χ2v) is 4.84. The van der Waals surface area contributed by atoms with Gasteiger partial charge in [-0.25, -0.2) is 9.88 Å². The lowest BCUT2D eigenvalue weighted by atomic mass is 10.1. The van der Waals surface area contributed by atoms with E-state index in [1.54, 1.807) is 18.2 Å². The van der Waals surface area contributed by atoms with Crippen molar-refractivity contribution in [2.45, 2.75) is 0 Å².